The number of benzene rings is 1. The van der Waals surface area contributed by atoms with Gasteiger partial charge in [-0.3, -0.25) is 4.79 Å². The number of aromatic nitrogens is 4. The lowest BCUT2D eigenvalue weighted by molar-refractivity contribution is 0.214. The van der Waals surface area contributed by atoms with Crippen molar-refractivity contribution in [2.24, 2.45) is 0 Å². The highest BCUT2D eigenvalue weighted by molar-refractivity contribution is 5.82. The van der Waals surface area contributed by atoms with E-state index in [1.54, 1.807) is 33.8 Å². The van der Waals surface area contributed by atoms with Gasteiger partial charge in [-0.2, -0.15) is 0 Å². The van der Waals surface area contributed by atoms with E-state index in [9.17, 15) is 9.18 Å². The summed E-state index contributed by atoms with van der Waals surface area (Å²) in [6, 6.07) is 14.1. The van der Waals surface area contributed by atoms with E-state index in [0.29, 0.717) is 40.8 Å². The van der Waals surface area contributed by atoms with Gasteiger partial charge in [-0.1, -0.05) is 12.1 Å². The summed E-state index contributed by atoms with van der Waals surface area (Å²) in [5, 5.41) is 3.92. The minimum atomic E-state index is -1.59. The number of halogens is 1. The van der Waals surface area contributed by atoms with Crippen LogP contribution in [-0.2, 0) is 25.1 Å². The smallest absolute Gasteiger partial charge is 0.276 e. The van der Waals surface area contributed by atoms with Crippen LogP contribution in [0.5, 0.6) is 0 Å². The molecule has 1 N–H and O–H groups in total. The molecule has 0 saturated heterocycles. The van der Waals surface area contributed by atoms with Crippen LogP contribution in [0.25, 0.3) is 16.7 Å². The van der Waals surface area contributed by atoms with E-state index in [2.05, 4.69) is 52.5 Å². The molecule has 0 fully saturated rings. The fourth-order valence-corrected chi connectivity index (χ4v) is 5.02. The first-order valence-electron chi connectivity index (χ1n) is 12.5. The zero-order valence-electron chi connectivity index (χ0n) is 21.5. The normalized spacial score (nSPS) is 15.9. The number of anilines is 2. The molecular weight excluding hydrogens is 455 g/mol. The first kappa shape index (κ1) is 24.2. The van der Waals surface area contributed by atoms with Crippen molar-refractivity contribution in [3.8, 4) is 5.82 Å². The molecular formula is C28H33FN6O. The molecule has 1 unspecified atom stereocenters. The number of hydrogen-bond acceptors (Lipinski definition) is 5. The summed E-state index contributed by atoms with van der Waals surface area (Å²) in [7, 11) is 4.27. The zero-order valence-corrected chi connectivity index (χ0v) is 21.5. The molecule has 1 aromatic carbocycles. The van der Waals surface area contributed by atoms with Gasteiger partial charge in [-0.25, -0.2) is 23.7 Å². The lowest BCUT2D eigenvalue weighted by Gasteiger charge is -2.30. The molecule has 8 heteroatoms. The number of pyridine rings is 2. The fraction of sp³-hybridized carbons (Fsp3) is 0.393. The van der Waals surface area contributed by atoms with Gasteiger partial charge in [0, 0.05) is 30.5 Å². The van der Waals surface area contributed by atoms with Gasteiger partial charge in [0.15, 0.2) is 5.82 Å². The second-order valence-electron chi connectivity index (χ2n) is 10.2. The van der Waals surface area contributed by atoms with Crippen LogP contribution in [0.4, 0.5) is 15.9 Å². The number of hydrogen-bond donors (Lipinski definition) is 1. The molecule has 36 heavy (non-hydrogen) atoms. The number of aryl methyl sites for hydroxylation is 1. The lowest BCUT2D eigenvalue weighted by Crippen LogP contribution is -2.33. The Hall–Kier alpha value is -3.52. The second kappa shape index (κ2) is 9.17. The minimum absolute atomic E-state index is 0.151. The molecule has 5 rings (SSSR count). The molecule has 1 aliphatic carbocycles. The van der Waals surface area contributed by atoms with Gasteiger partial charge in [0.25, 0.3) is 5.56 Å². The van der Waals surface area contributed by atoms with E-state index >= 15 is 0 Å². The molecule has 4 aromatic rings. The van der Waals surface area contributed by atoms with Crippen molar-refractivity contribution >= 4 is 22.4 Å². The van der Waals surface area contributed by atoms with Crippen LogP contribution in [0.15, 0.2) is 53.5 Å². The third-order valence-electron chi connectivity index (χ3n) is 7.09. The molecule has 0 spiro atoms. The predicted octanol–water partition coefficient (Wildman–Crippen LogP) is 4.97. The Morgan fingerprint density at radius 2 is 1.97 bits per heavy atom. The third-order valence-corrected chi connectivity index (χ3v) is 7.09. The first-order valence-corrected chi connectivity index (χ1v) is 12.5. The number of rotatable bonds is 6. The summed E-state index contributed by atoms with van der Waals surface area (Å²) < 4.78 is 18.0. The number of fused-ring (bicyclic) bond motifs is 2. The van der Waals surface area contributed by atoms with Gasteiger partial charge >= 0.3 is 0 Å². The molecule has 0 amide bonds. The molecule has 3 heterocycles. The summed E-state index contributed by atoms with van der Waals surface area (Å²) >= 11 is 0. The Balaban J connectivity index is 1.55. The topological polar surface area (TPSA) is 68.0 Å². The average Bonchev–Trinajstić information content (AvgIpc) is 3.14. The Labute approximate surface area is 210 Å². The molecule has 1 aliphatic rings. The van der Waals surface area contributed by atoms with Crippen molar-refractivity contribution in [2.45, 2.75) is 58.3 Å². The van der Waals surface area contributed by atoms with E-state index in [1.807, 2.05) is 13.0 Å². The monoisotopic (exact) mass is 488 g/mol. The van der Waals surface area contributed by atoms with E-state index in [-0.39, 0.29) is 5.56 Å². The van der Waals surface area contributed by atoms with Gasteiger partial charge in [0.2, 0.25) is 0 Å². The first-order chi connectivity index (χ1) is 17.2. The van der Waals surface area contributed by atoms with E-state index < -0.39 is 5.67 Å². The Morgan fingerprint density at radius 1 is 1.17 bits per heavy atom. The number of nitrogens with zero attached hydrogens (tertiary/aromatic N) is 5. The van der Waals surface area contributed by atoms with Crippen LogP contribution in [-0.4, -0.2) is 44.4 Å². The molecule has 0 saturated carbocycles. The quantitative estimate of drug-likeness (QED) is 0.415. The van der Waals surface area contributed by atoms with Crippen LogP contribution in [0.2, 0.25) is 0 Å². The molecule has 0 aliphatic heterocycles. The summed E-state index contributed by atoms with van der Waals surface area (Å²) in [5.41, 5.74) is 2.96. The molecule has 1 atom stereocenters. The SMILES string of the molecule is CCn1c(=O)c2cnc(Nc3ccc4c(c3)CC(N(C)C)CC4)cc2n1-c1cccc(C(C)(C)F)n1. The van der Waals surface area contributed by atoms with E-state index in [1.165, 1.54) is 31.4 Å². The Bertz CT molecular complexity index is 1480. The molecule has 0 radical (unpaired) electrons. The van der Waals surface area contributed by atoms with Crippen LogP contribution < -0.4 is 10.9 Å². The van der Waals surface area contributed by atoms with Gasteiger partial charge < -0.3 is 10.2 Å². The van der Waals surface area contributed by atoms with Crippen molar-refractivity contribution in [3.63, 3.8) is 0 Å². The standard InChI is InChI=1S/C28H33FN6O/c1-6-34-27(36)22-17-30-25(16-23(22)35(34)26-9-7-8-24(32-26)28(2,3)29)31-20-12-10-18-11-13-21(33(4)5)15-19(18)14-20/h7-10,12,14,16-17,21H,6,11,13,15H2,1-5H3,(H,30,31). The number of likely N-dealkylation sites (N-methyl/N-ethyl adjacent to an activating group) is 1. The third kappa shape index (κ3) is 4.41. The maximum Gasteiger partial charge on any atom is 0.276 e. The fourth-order valence-electron chi connectivity index (χ4n) is 5.02. The van der Waals surface area contributed by atoms with Crippen molar-refractivity contribution < 1.29 is 4.39 Å². The highest BCUT2D eigenvalue weighted by Crippen LogP contribution is 2.29. The minimum Gasteiger partial charge on any atom is -0.340 e. The van der Waals surface area contributed by atoms with E-state index in [0.717, 1.165) is 18.5 Å². The van der Waals surface area contributed by atoms with Crippen LogP contribution in [0, 0.1) is 0 Å². The zero-order chi connectivity index (χ0) is 25.6. The molecule has 188 valence electrons. The predicted molar refractivity (Wildman–Crippen MR) is 142 cm³/mol. The highest BCUT2D eigenvalue weighted by Gasteiger charge is 2.23. The Kier molecular flexibility index (Phi) is 6.16. The van der Waals surface area contributed by atoms with Gasteiger partial charge in [-0.15, -0.1) is 0 Å². The van der Waals surface area contributed by atoms with Crippen LogP contribution in [0.3, 0.4) is 0 Å². The summed E-state index contributed by atoms with van der Waals surface area (Å²) in [4.78, 5) is 24.5. The largest absolute Gasteiger partial charge is 0.340 e. The Morgan fingerprint density at radius 3 is 2.69 bits per heavy atom. The molecule has 3 aromatic heterocycles. The van der Waals surface area contributed by atoms with Crippen molar-refractivity contribution in [2.75, 3.05) is 19.4 Å². The van der Waals surface area contributed by atoms with E-state index in [4.69, 9.17) is 0 Å². The lowest BCUT2D eigenvalue weighted by atomic mass is 9.87. The summed E-state index contributed by atoms with van der Waals surface area (Å²) in [6.07, 6.45) is 4.88. The van der Waals surface area contributed by atoms with Gasteiger partial charge in [-0.05, 0) is 89.5 Å². The van der Waals surface area contributed by atoms with Crippen LogP contribution >= 0.6 is 0 Å². The van der Waals surface area contributed by atoms with Crippen molar-refractivity contribution in [1.29, 1.82) is 0 Å². The highest BCUT2D eigenvalue weighted by atomic mass is 19.1. The van der Waals surface area contributed by atoms with Crippen LogP contribution in [0.1, 0.15) is 44.0 Å². The summed E-state index contributed by atoms with van der Waals surface area (Å²) in [6.45, 7) is 5.30. The van der Waals surface area contributed by atoms with Crippen molar-refractivity contribution in [3.05, 3.63) is 75.8 Å². The van der Waals surface area contributed by atoms with Crippen molar-refractivity contribution in [1.82, 2.24) is 24.2 Å². The number of alkyl halides is 1. The maximum absolute atomic E-state index is 14.7. The molecule has 0 bridgehead atoms. The number of nitrogens with one attached hydrogen (secondary N) is 1. The maximum atomic E-state index is 14.7. The second-order valence-corrected chi connectivity index (χ2v) is 10.2. The average molecular weight is 489 g/mol. The van der Waals surface area contributed by atoms with Gasteiger partial charge in [0.1, 0.15) is 11.5 Å². The summed E-state index contributed by atoms with van der Waals surface area (Å²) in [5.74, 6) is 1.12. The molecule has 7 nitrogen and oxygen atoms in total. The van der Waals surface area contributed by atoms with Gasteiger partial charge in [0.05, 0.1) is 16.6 Å².